The Morgan fingerprint density at radius 1 is 1.01 bits per heavy atom. The van der Waals surface area contributed by atoms with Gasteiger partial charge in [0, 0.05) is 67.0 Å². The molecular formula is C59H74FN8O3P. The second kappa shape index (κ2) is 22.4. The standard InChI is InChI=1S/C54H62FN8O3P.C5H12/c1-5-39-44(55)15-12-36-9-6-10-41(46(36)39)48-50(67)49-43(29-57-48)51(63-23-7-8-33(2)30-63)60-53(59-49)66-32-54(21-22-54)31-61-24-19-38(20-25-61)62-26-17-35(18-27-62)37-11-13-40(34(3)28-37)47(56-4)42-14-16-45(64)58-52(42)65;1-4-5(2)3/h1,6,9-13,15,28-29,33,35,38,42H,7-8,14,16-27,30-32,67H2,2-4H3,(H,58,64,65);5H,4H2,1-3H3. The first kappa shape index (κ1) is 51.6. The van der Waals surface area contributed by atoms with Crippen LogP contribution in [0.5, 0.6) is 6.01 Å². The Bertz CT molecular complexity index is 2880. The van der Waals surface area contributed by atoms with E-state index in [1.165, 1.54) is 37.3 Å². The predicted molar refractivity (Wildman–Crippen MR) is 293 cm³/mol. The average Bonchev–Trinajstić information content (AvgIpc) is 4.16. The van der Waals surface area contributed by atoms with Crippen LogP contribution in [0, 0.1) is 48.3 Å². The van der Waals surface area contributed by atoms with E-state index in [0.717, 1.165) is 134 Å². The Hall–Kier alpha value is -5.34. The van der Waals surface area contributed by atoms with Crippen molar-refractivity contribution in [1.29, 1.82) is 0 Å². The zero-order valence-corrected chi connectivity index (χ0v) is 44.6. The number of nitrogens with zero attached hydrogens (tertiary/aromatic N) is 7. The number of aliphatic imine (C=N–C) groups is 1. The van der Waals surface area contributed by atoms with E-state index < -0.39 is 11.7 Å². The lowest BCUT2D eigenvalue weighted by atomic mass is 9.83. The van der Waals surface area contributed by atoms with Gasteiger partial charge >= 0.3 is 6.01 Å². The third-order valence-corrected chi connectivity index (χ3v) is 16.9. The van der Waals surface area contributed by atoms with Crippen molar-refractivity contribution < 1.29 is 18.7 Å². The van der Waals surface area contributed by atoms with Crippen molar-refractivity contribution >= 4 is 59.6 Å². The van der Waals surface area contributed by atoms with Crippen LogP contribution in [0.25, 0.3) is 32.9 Å². The van der Waals surface area contributed by atoms with Crippen LogP contribution in [-0.2, 0) is 9.59 Å². The highest BCUT2D eigenvalue weighted by molar-refractivity contribution is 7.28. The van der Waals surface area contributed by atoms with Crippen molar-refractivity contribution in [2.75, 3.05) is 64.4 Å². The first-order chi connectivity index (χ1) is 34.8. The van der Waals surface area contributed by atoms with E-state index in [2.05, 4.69) is 93.0 Å². The molecular weight excluding hydrogens is 919 g/mol. The molecule has 13 heteroatoms. The van der Waals surface area contributed by atoms with Gasteiger partial charge in [-0.3, -0.25) is 24.9 Å². The lowest BCUT2D eigenvalue weighted by Gasteiger charge is -2.42. The summed E-state index contributed by atoms with van der Waals surface area (Å²) in [4.78, 5) is 51.9. The van der Waals surface area contributed by atoms with Gasteiger partial charge in [-0.05, 0) is 137 Å². The normalized spacial score (nSPS) is 21.4. The number of carbonyl (C=O) groups excluding carboxylic acids is 2. The fraction of sp³-hybridized carbons (Fsp3) is 0.525. The number of fused-ring (bicyclic) bond motifs is 2. The molecule has 0 bridgehead atoms. The fourth-order valence-corrected chi connectivity index (χ4v) is 12.0. The molecule has 5 fully saturated rings. The van der Waals surface area contributed by atoms with Crippen molar-refractivity contribution in [1.82, 2.24) is 30.1 Å². The number of pyridine rings is 1. The molecule has 1 aliphatic carbocycles. The molecule has 72 heavy (non-hydrogen) atoms. The van der Waals surface area contributed by atoms with Gasteiger partial charge in [0.05, 0.1) is 40.4 Å². The van der Waals surface area contributed by atoms with E-state index in [4.69, 9.17) is 26.1 Å². The average molecular weight is 993 g/mol. The van der Waals surface area contributed by atoms with Gasteiger partial charge in [-0.2, -0.15) is 9.97 Å². The SMILES string of the molecule is C#Cc1c(F)ccc2cccc(-c3ncc4c(N5CCCC(C)C5)nc(OCC5(CN6CCC(N7CCC(c8ccc(C(=NC)C9CCC(=O)NC9=O)c(C)c8)CC7)CC6)CC5)nc4c3P)c12.CCC(C)C. The summed E-state index contributed by atoms with van der Waals surface area (Å²) in [6.07, 6.45) is 19.1. The number of nitrogens with one attached hydrogen (secondary N) is 1. The summed E-state index contributed by atoms with van der Waals surface area (Å²) in [5.74, 6) is 4.13. The molecule has 3 atom stereocenters. The van der Waals surface area contributed by atoms with Crippen molar-refractivity contribution in [3.05, 3.63) is 82.8 Å². The molecule has 1 saturated carbocycles. The summed E-state index contributed by atoms with van der Waals surface area (Å²) < 4.78 is 21.7. The summed E-state index contributed by atoms with van der Waals surface area (Å²) in [6.45, 7) is 18.9. The third kappa shape index (κ3) is 11.2. The topological polar surface area (TPSA) is 116 Å². The van der Waals surface area contributed by atoms with Gasteiger partial charge < -0.3 is 19.4 Å². The minimum Gasteiger partial charge on any atom is -0.463 e. The summed E-state index contributed by atoms with van der Waals surface area (Å²) in [5, 5.41) is 5.70. The van der Waals surface area contributed by atoms with Gasteiger partial charge in [0.25, 0.3) is 0 Å². The van der Waals surface area contributed by atoms with E-state index in [-0.39, 0.29) is 22.8 Å². The molecule has 5 aromatic rings. The third-order valence-electron chi connectivity index (χ3n) is 16.3. The fourth-order valence-electron chi connectivity index (χ4n) is 11.6. The first-order valence-corrected chi connectivity index (χ1v) is 27.3. The number of ether oxygens (including phenoxy) is 1. The zero-order valence-electron chi connectivity index (χ0n) is 43.4. The molecule has 4 saturated heterocycles. The lowest BCUT2D eigenvalue weighted by Crippen LogP contribution is -2.48. The molecule has 2 amide bonds. The molecule has 3 aromatic carbocycles. The van der Waals surface area contributed by atoms with Crippen LogP contribution in [-0.4, -0.2) is 108 Å². The molecule has 6 heterocycles. The molecule has 4 aliphatic heterocycles. The van der Waals surface area contributed by atoms with Crippen LogP contribution in [0.1, 0.15) is 126 Å². The number of piperidine rings is 4. The molecule has 11 nitrogen and oxygen atoms in total. The van der Waals surface area contributed by atoms with E-state index in [9.17, 15) is 9.59 Å². The molecule has 380 valence electrons. The van der Waals surface area contributed by atoms with E-state index in [0.29, 0.717) is 54.4 Å². The van der Waals surface area contributed by atoms with Crippen LogP contribution < -0.4 is 20.3 Å². The molecule has 1 N–H and O–H groups in total. The minimum atomic E-state index is -0.425. The number of hydrogen-bond donors (Lipinski definition) is 1. The summed E-state index contributed by atoms with van der Waals surface area (Å²) in [6, 6.07) is 16.7. The number of benzene rings is 3. The number of rotatable bonds is 12. The number of imide groups is 1. The predicted octanol–water partition coefficient (Wildman–Crippen LogP) is 10.0. The smallest absolute Gasteiger partial charge is 0.318 e. The van der Waals surface area contributed by atoms with Gasteiger partial charge in [0.1, 0.15) is 11.6 Å². The van der Waals surface area contributed by atoms with Crippen LogP contribution in [0.4, 0.5) is 10.2 Å². The van der Waals surface area contributed by atoms with Crippen molar-refractivity contribution in [3.8, 4) is 29.6 Å². The highest BCUT2D eigenvalue weighted by Crippen LogP contribution is 2.47. The van der Waals surface area contributed by atoms with Gasteiger partial charge in [-0.1, -0.05) is 82.5 Å². The van der Waals surface area contributed by atoms with Crippen LogP contribution >= 0.6 is 9.24 Å². The molecule has 10 rings (SSSR count). The second-order valence-electron chi connectivity index (χ2n) is 21.9. The molecule has 5 aliphatic rings. The monoisotopic (exact) mass is 993 g/mol. The Morgan fingerprint density at radius 2 is 1.78 bits per heavy atom. The van der Waals surface area contributed by atoms with E-state index in [1.807, 2.05) is 24.4 Å². The number of aromatic nitrogens is 3. The minimum absolute atomic E-state index is 0.0917. The highest BCUT2D eigenvalue weighted by atomic mass is 31.0. The van der Waals surface area contributed by atoms with Crippen LogP contribution in [0.3, 0.4) is 0 Å². The Morgan fingerprint density at radius 3 is 2.44 bits per heavy atom. The first-order valence-electron chi connectivity index (χ1n) is 26.7. The van der Waals surface area contributed by atoms with Crippen molar-refractivity contribution in [2.24, 2.45) is 28.2 Å². The largest absolute Gasteiger partial charge is 0.463 e. The molecule has 0 spiro atoms. The number of halogens is 1. The molecule has 2 aromatic heterocycles. The summed E-state index contributed by atoms with van der Waals surface area (Å²) in [7, 11) is 4.61. The van der Waals surface area contributed by atoms with Gasteiger partial charge in [-0.15, -0.1) is 15.7 Å². The number of aryl methyl sites for hydroxylation is 1. The Labute approximate surface area is 428 Å². The second-order valence-corrected chi connectivity index (χ2v) is 22.4. The number of anilines is 1. The number of hydrogen-bond acceptors (Lipinski definition) is 10. The number of likely N-dealkylation sites (tertiary alicyclic amines) is 2. The summed E-state index contributed by atoms with van der Waals surface area (Å²) >= 11 is 0. The van der Waals surface area contributed by atoms with E-state index in [1.54, 1.807) is 13.1 Å². The Kier molecular flexibility index (Phi) is 16.1. The number of carbonyl (C=O) groups is 2. The number of amides is 2. The molecule has 3 unspecified atom stereocenters. The quantitative estimate of drug-likeness (QED) is 0.0565. The van der Waals surface area contributed by atoms with E-state index >= 15 is 4.39 Å². The van der Waals surface area contributed by atoms with Gasteiger partial charge in [0.2, 0.25) is 11.8 Å². The zero-order chi connectivity index (χ0) is 50.7. The maximum Gasteiger partial charge on any atom is 0.318 e. The summed E-state index contributed by atoms with van der Waals surface area (Å²) in [5.41, 5.74) is 6.81. The highest BCUT2D eigenvalue weighted by Gasteiger charge is 2.46. The maximum absolute atomic E-state index is 15.1. The van der Waals surface area contributed by atoms with Crippen LogP contribution in [0.2, 0.25) is 0 Å². The lowest BCUT2D eigenvalue weighted by molar-refractivity contribution is -0.134. The molecule has 0 radical (unpaired) electrons. The Balaban J connectivity index is 0.00000122. The van der Waals surface area contributed by atoms with Gasteiger partial charge in [0.15, 0.2) is 0 Å². The van der Waals surface area contributed by atoms with Crippen molar-refractivity contribution in [2.45, 2.75) is 117 Å². The van der Waals surface area contributed by atoms with Crippen LogP contribution in [0.15, 0.2) is 59.7 Å². The maximum atomic E-state index is 15.1. The van der Waals surface area contributed by atoms with Crippen molar-refractivity contribution in [3.63, 3.8) is 0 Å². The number of terminal acetylenes is 1. The van der Waals surface area contributed by atoms with Gasteiger partial charge in [-0.25, -0.2) is 4.39 Å².